The molecule has 0 aliphatic rings. The number of phenolic OH excluding ortho intramolecular Hbond substituents is 1. The van der Waals surface area contributed by atoms with Gasteiger partial charge in [0, 0.05) is 0 Å². The highest BCUT2D eigenvalue weighted by atomic mass is 32.2. The van der Waals surface area contributed by atoms with Crippen molar-refractivity contribution in [3.05, 3.63) is 54.1 Å². The summed E-state index contributed by atoms with van der Waals surface area (Å²) < 4.78 is 21.1. The van der Waals surface area contributed by atoms with E-state index in [1.807, 2.05) is 6.07 Å². The molecule has 2 rings (SSSR count). The molecule has 0 aliphatic carbocycles. The van der Waals surface area contributed by atoms with Gasteiger partial charge >= 0.3 is 0 Å². The summed E-state index contributed by atoms with van der Waals surface area (Å²) in [5, 5.41) is 9.17. The van der Waals surface area contributed by atoms with Crippen LogP contribution in [0.5, 0.6) is 5.75 Å². The zero-order chi connectivity index (χ0) is 12.3. The van der Waals surface area contributed by atoms with Gasteiger partial charge in [0.05, 0.1) is 5.75 Å². The van der Waals surface area contributed by atoms with Crippen LogP contribution in [0.15, 0.2) is 42.5 Å². The molecule has 3 nitrogen and oxygen atoms in total. The Morgan fingerprint density at radius 3 is 2.18 bits per heavy atom. The number of phenols is 1. The van der Waals surface area contributed by atoms with E-state index in [1.54, 1.807) is 36.4 Å². The van der Waals surface area contributed by atoms with Crippen molar-refractivity contribution in [3.8, 4) is 16.9 Å². The van der Waals surface area contributed by atoms with Gasteiger partial charge in [0.2, 0.25) is 0 Å². The molecular formula is C13H11O3S. The Bertz CT molecular complexity index is 561. The molecule has 0 fully saturated rings. The maximum atomic E-state index is 10.6. The summed E-state index contributed by atoms with van der Waals surface area (Å²) in [5.74, 6) is 0.239. The third-order valence-electron chi connectivity index (χ3n) is 2.38. The van der Waals surface area contributed by atoms with Gasteiger partial charge in [-0.1, -0.05) is 24.3 Å². The van der Waals surface area contributed by atoms with Crippen LogP contribution in [0, 0.1) is 6.07 Å². The molecule has 1 radical (unpaired) electrons. The largest absolute Gasteiger partial charge is 0.508 e. The number of hydrogen-bond donors (Lipinski definition) is 2. The van der Waals surface area contributed by atoms with Crippen LogP contribution in [-0.4, -0.2) is 13.5 Å². The lowest BCUT2D eigenvalue weighted by Gasteiger charge is -2.02. The molecule has 17 heavy (non-hydrogen) atoms. The molecule has 4 heteroatoms. The van der Waals surface area contributed by atoms with E-state index in [0.29, 0.717) is 5.56 Å². The highest BCUT2D eigenvalue weighted by Crippen LogP contribution is 2.22. The van der Waals surface area contributed by atoms with Gasteiger partial charge in [0.25, 0.3) is 0 Å². The Balaban J connectivity index is 2.26. The Kier molecular flexibility index (Phi) is 3.44. The molecule has 0 unspecified atom stereocenters. The fourth-order valence-electron chi connectivity index (χ4n) is 1.53. The van der Waals surface area contributed by atoms with Crippen molar-refractivity contribution in [3.63, 3.8) is 0 Å². The first-order chi connectivity index (χ1) is 8.15. The molecule has 0 spiro atoms. The monoisotopic (exact) mass is 247 g/mol. The Morgan fingerprint density at radius 1 is 1.00 bits per heavy atom. The predicted molar refractivity (Wildman–Crippen MR) is 66.4 cm³/mol. The van der Waals surface area contributed by atoms with Gasteiger partial charge in [-0.25, -0.2) is 8.42 Å². The molecule has 2 aromatic rings. The maximum Gasteiger partial charge on any atom is 0.144 e. The van der Waals surface area contributed by atoms with Crippen molar-refractivity contribution in [2.75, 3.05) is 0 Å². The second-order valence-electron chi connectivity index (χ2n) is 3.64. The number of benzene rings is 2. The molecule has 87 valence electrons. The van der Waals surface area contributed by atoms with Crippen LogP contribution in [0.25, 0.3) is 11.1 Å². The van der Waals surface area contributed by atoms with Gasteiger partial charge in [-0.2, -0.15) is 0 Å². The first-order valence-electron chi connectivity index (χ1n) is 5.07. The minimum Gasteiger partial charge on any atom is -0.508 e. The molecular weight excluding hydrogens is 236 g/mol. The quantitative estimate of drug-likeness (QED) is 0.815. The molecule has 0 heterocycles. The number of thiol groups is 1. The van der Waals surface area contributed by atoms with E-state index in [2.05, 4.69) is 6.07 Å². The zero-order valence-corrected chi connectivity index (χ0v) is 9.85. The van der Waals surface area contributed by atoms with Crippen molar-refractivity contribution in [2.24, 2.45) is 0 Å². The normalized spacial score (nSPS) is 10.6. The molecule has 0 saturated heterocycles. The average molecular weight is 247 g/mol. The third-order valence-corrected chi connectivity index (χ3v) is 2.98. The maximum absolute atomic E-state index is 10.6. The van der Waals surface area contributed by atoms with Crippen LogP contribution in [0.4, 0.5) is 0 Å². The van der Waals surface area contributed by atoms with Crippen molar-refractivity contribution in [2.45, 2.75) is 5.75 Å². The highest BCUT2D eigenvalue weighted by Gasteiger charge is 1.99. The van der Waals surface area contributed by atoms with Crippen LogP contribution in [-0.2, 0) is 16.5 Å². The summed E-state index contributed by atoms with van der Waals surface area (Å²) in [6.45, 7) is 0. The number of hydrogen-bond acceptors (Lipinski definition) is 3. The SMILES string of the molecule is O=[SH](=O)Cc1[c]cc(-c2ccc(O)cc2)cc1. The lowest BCUT2D eigenvalue weighted by Crippen LogP contribution is -1.87. The van der Waals surface area contributed by atoms with E-state index in [-0.39, 0.29) is 11.5 Å². The van der Waals surface area contributed by atoms with E-state index in [4.69, 9.17) is 0 Å². The molecule has 0 atom stereocenters. The van der Waals surface area contributed by atoms with Crippen LogP contribution in [0.3, 0.4) is 0 Å². The van der Waals surface area contributed by atoms with E-state index in [9.17, 15) is 13.5 Å². The highest BCUT2D eigenvalue weighted by molar-refractivity contribution is 7.71. The number of rotatable bonds is 3. The summed E-state index contributed by atoms with van der Waals surface area (Å²) >= 11 is 0. The molecule has 0 amide bonds. The Hall–Kier alpha value is -1.81. The van der Waals surface area contributed by atoms with Gasteiger partial charge in [-0.3, -0.25) is 0 Å². The van der Waals surface area contributed by atoms with Gasteiger partial charge in [-0.15, -0.1) is 0 Å². The standard InChI is InChI=1S/C13H11O3S/c14-13-7-5-12(6-8-13)11-3-1-10(2-4-11)9-17(15)16/h1,3-8,14,17H,9H2. The summed E-state index contributed by atoms with van der Waals surface area (Å²) in [4.78, 5) is 0. The van der Waals surface area contributed by atoms with E-state index >= 15 is 0 Å². The first-order valence-corrected chi connectivity index (χ1v) is 6.43. The summed E-state index contributed by atoms with van der Waals surface area (Å²) in [6, 6.07) is 15.1. The lowest BCUT2D eigenvalue weighted by molar-refractivity contribution is 0.475. The minimum absolute atomic E-state index is 0.0190. The average Bonchev–Trinajstić information content (AvgIpc) is 2.30. The molecule has 0 aliphatic heterocycles. The molecule has 0 bridgehead atoms. The fourth-order valence-corrected chi connectivity index (χ4v) is 2.00. The van der Waals surface area contributed by atoms with Crippen molar-refractivity contribution in [1.29, 1.82) is 0 Å². The number of aromatic hydroxyl groups is 1. The van der Waals surface area contributed by atoms with Crippen molar-refractivity contribution < 1.29 is 13.5 Å². The summed E-state index contributed by atoms with van der Waals surface area (Å²) in [7, 11) is -2.41. The van der Waals surface area contributed by atoms with Crippen LogP contribution in [0.1, 0.15) is 5.56 Å². The zero-order valence-electron chi connectivity index (χ0n) is 8.96. The fraction of sp³-hybridized carbons (Fsp3) is 0.0769. The van der Waals surface area contributed by atoms with Crippen LogP contribution < -0.4 is 0 Å². The third kappa shape index (κ3) is 3.07. The van der Waals surface area contributed by atoms with Gasteiger partial charge in [0.1, 0.15) is 16.5 Å². The van der Waals surface area contributed by atoms with E-state index in [0.717, 1.165) is 11.1 Å². The predicted octanol–water partition coefficient (Wildman–Crippen LogP) is 1.97. The smallest absolute Gasteiger partial charge is 0.144 e. The topological polar surface area (TPSA) is 54.4 Å². The van der Waals surface area contributed by atoms with Crippen LogP contribution in [0.2, 0.25) is 0 Å². The van der Waals surface area contributed by atoms with Crippen LogP contribution >= 0.6 is 0 Å². The van der Waals surface area contributed by atoms with Crippen molar-refractivity contribution >= 4 is 10.7 Å². The second-order valence-corrected chi connectivity index (χ2v) is 4.62. The summed E-state index contributed by atoms with van der Waals surface area (Å²) in [6.07, 6.45) is 0. The molecule has 0 saturated carbocycles. The Labute approximate surface area is 101 Å². The van der Waals surface area contributed by atoms with Gasteiger partial charge in [-0.05, 0) is 41.0 Å². The van der Waals surface area contributed by atoms with Crippen molar-refractivity contribution in [1.82, 2.24) is 0 Å². The molecule has 1 N–H and O–H groups in total. The molecule has 0 aromatic heterocycles. The summed E-state index contributed by atoms with van der Waals surface area (Å²) in [5.41, 5.74) is 2.55. The van der Waals surface area contributed by atoms with Gasteiger partial charge in [0.15, 0.2) is 0 Å². The molecule has 2 aromatic carbocycles. The lowest BCUT2D eigenvalue weighted by atomic mass is 10.0. The van der Waals surface area contributed by atoms with E-state index < -0.39 is 10.7 Å². The van der Waals surface area contributed by atoms with E-state index in [1.165, 1.54) is 0 Å². The van der Waals surface area contributed by atoms with Gasteiger partial charge < -0.3 is 5.11 Å². The second kappa shape index (κ2) is 5.01. The first kappa shape index (κ1) is 11.7. The Morgan fingerprint density at radius 2 is 1.65 bits per heavy atom. The minimum atomic E-state index is -2.41.